The van der Waals surface area contributed by atoms with Gasteiger partial charge >= 0.3 is 0 Å². The highest BCUT2D eigenvalue weighted by Gasteiger charge is 2.16. The Balaban J connectivity index is 2.09. The Bertz CT molecular complexity index is 831. The van der Waals surface area contributed by atoms with E-state index in [-0.39, 0.29) is 10.8 Å². The van der Waals surface area contributed by atoms with Crippen molar-refractivity contribution < 1.29 is 13.0 Å². The van der Waals surface area contributed by atoms with E-state index in [1.165, 1.54) is 12.1 Å². The van der Waals surface area contributed by atoms with Crippen molar-refractivity contribution in [2.45, 2.75) is 10.8 Å². The van der Waals surface area contributed by atoms with E-state index in [0.29, 0.717) is 0 Å². The van der Waals surface area contributed by atoms with Crippen LogP contribution in [0.15, 0.2) is 89.8 Å². The standard InChI is InChI=1S/C19H16O3S/c20-23(21,22)18-13-11-17(12-14-18)19(15-7-3-1-4-8-15)16-9-5-2-6-10-16/h1-14,19H,(H,20,21,22)/p-1. The second-order valence-corrected chi connectivity index (χ2v) is 6.66. The number of hydrogen-bond donors (Lipinski definition) is 0. The number of hydrogen-bond acceptors (Lipinski definition) is 3. The topological polar surface area (TPSA) is 57.2 Å². The summed E-state index contributed by atoms with van der Waals surface area (Å²) in [6.45, 7) is 0. The second-order valence-electron chi connectivity index (χ2n) is 5.28. The predicted molar refractivity (Wildman–Crippen MR) is 88.2 cm³/mol. The Morgan fingerprint density at radius 1 is 0.609 bits per heavy atom. The smallest absolute Gasteiger partial charge is 0.124 e. The van der Waals surface area contributed by atoms with Gasteiger partial charge in [0.15, 0.2) is 0 Å². The van der Waals surface area contributed by atoms with Gasteiger partial charge < -0.3 is 4.55 Å². The molecule has 0 bridgehead atoms. The van der Waals surface area contributed by atoms with Crippen molar-refractivity contribution >= 4 is 10.1 Å². The molecule has 0 aliphatic heterocycles. The Labute approximate surface area is 136 Å². The van der Waals surface area contributed by atoms with Crippen LogP contribution in [0.3, 0.4) is 0 Å². The lowest BCUT2D eigenvalue weighted by molar-refractivity contribution is 0.463. The summed E-state index contributed by atoms with van der Waals surface area (Å²) in [6.07, 6.45) is 0. The molecule has 3 aromatic carbocycles. The maximum absolute atomic E-state index is 11.1. The maximum Gasteiger partial charge on any atom is 0.124 e. The molecule has 0 aliphatic rings. The SMILES string of the molecule is O=S(=O)([O-])c1ccc(C(c2ccccc2)c2ccccc2)cc1. The molecule has 0 spiro atoms. The van der Waals surface area contributed by atoms with Crippen LogP contribution >= 0.6 is 0 Å². The molecule has 0 N–H and O–H groups in total. The molecular formula is C19H15O3S-. The van der Waals surface area contributed by atoms with Crippen molar-refractivity contribution in [1.82, 2.24) is 0 Å². The Morgan fingerprint density at radius 2 is 1.00 bits per heavy atom. The van der Waals surface area contributed by atoms with Gasteiger partial charge in [-0.2, -0.15) is 0 Å². The molecule has 0 unspecified atom stereocenters. The average Bonchev–Trinajstić information content (AvgIpc) is 2.57. The summed E-state index contributed by atoms with van der Waals surface area (Å²) in [7, 11) is -4.42. The van der Waals surface area contributed by atoms with Crippen LogP contribution < -0.4 is 0 Å². The van der Waals surface area contributed by atoms with Crippen LogP contribution in [-0.4, -0.2) is 13.0 Å². The molecule has 0 saturated carbocycles. The van der Waals surface area contributed by atoms with Crippen LogP contribution in [0.5, 0.6) is 0 Å². The van der Waals surface area contributed by atoms with Gasteiger partial charge in [-0.15, -0.1) is 0 Å². The minimum atomic E-state index is -4.42. The molecule has 0 saturated heterocycles. The summed E-state index contributed by atoms with van der Waals surface area (Å²) in [6, 6.07) is 26.1. The van der Waals surface area contributed by atoms with Crippen molar-refractivity contribution in [3.8, 4) is 0 Å². The Kier molecular flexibility index (Phi) is 4.28. The van der Waals surface area contributed by atoms with Crippen LogP contribution in [0, 0.1) is 0 Å². The molecule has 0 aromatic heterocycles. The fraction of sp³-hybridized carbons (Fsp3) is 0.0526. The lowest BCUT2D eigenvalue weighted by atomic mass is 9.85. The van der Waals surface area contributed by atoms with Crippen molar-refractivity contribution in [3.05, 3.63) is 102 Å². The van der Waals surface area contributed by atoms with E-state index >= 15 is 0 Å². The van der Waals surface area contributed by atoms with Crippen molar-refractivity contribution in [3.63, 3.8) is 0 Å². The summed E-state index contributed by atoms with van der Waals surface area (Å²) >= 11 is 0. The minimum absolute atomic E-state index is 0.0131. The van der Waals surface area contributed by atoms with Crippen molar-refractivity contribution in [1.29, 1.82) is 0 Å². The highest BCUT2D eigenvalue weighted by atomic mass is 32.2. The van der Waals surface area contributed by atoms with Gasteiger partial charge in [-0.1, -0.05) is 72.8 Å². The zero-order valence-corrected chi connectivity index (χ0v) is 13.1. The van der Waals surface area contributed by atoms with Crippen LogP contribution in [-0.2, 0) is 10.1 Å². The van der Waals surface area contributed by atoms with Crippen LogP contribution in [0.1, 0.15) is 22.6 Å². The number of rotatable bonds is 4. The maximum atomic E-state index is 11.1. The van der Waals surface area contributed by atoms with E-state index in [4.69, 9.17) is 0 Å². The third kappa shape index (κ3) is 3.50. The van der Waals surface area contributed by atoms with Gasteiger partial charge in [0.2, 0.25) is 0 Å². The molecule has 0 radical (unpaired) electrons. The molecule has 0 amide bonds. The van der Waals surface area contributed by atoms with Gasteiger partial charge in [0.1, 0.15) is 10.1 Å². The molecule has 0 heterocycles. The Morgan fingerprint density at radius 3 is 1.39 bits per heavy atom. The zero-order valence-electron chi connectivity index (χ0n) is 12.3. The van der Waals surface area contributed by atoms with E-state index in [0.717, 1.165) is 16.7 Å². The quantitative estimate of drug-likeness (QED) is 0.542. The van der Waals surface area contributed by atoms with E-state index in [2.05, 4.69) is 0 Å². The first-order valence-corrected chi connectivity index (χ1v) is 8.62. The second kappa shape index (κ2) is 6.36. The van der Waals surface area contributed by atoms with E-state index < -0.39 is 10.1 Å². The average molecular weight is 323 g/mol. The third-order valence-corrected chi connectivity index (χ3v) is 4.62. The molecular weight excluding hydrogens is 308 g/mol. The van der Waals surface area contributed by atoms with E-state index in [9.17, 15) is 13.0 Å². The van der Waals surface area contributed by atoms with E-state index in [1.54, 1.807) is 12.1 Å². The Hall–Kier alpha value is -2.43. The summed E-state index contributed by atoms with van der Waals surface area (Å²) in [5.41, 5.74) is 3.16. The first-order valence-electron chi connectivity index (χ1n) is 7.21. The van der Waals surface area contributed by atoms with Crippen LogP contribution in [0.25, 0.3) is 0 Å². The highest BCUT2D eigenvalue weighted by molar-refractivity contribution is 7.85. The molecule has 116 valence electrons. The van der Waals surface area contributed by atoms with Crippen molar-refractivity contribution in [2.75, 3.05) is 0 Å². The molecule has 4 heteroatoms. The summed E-state index contributed by atoms with van der Waals surface area (Å²) in [4.78, 5) is -0.207. The first kappa shape index (κ1) is 15.5. The minimum Gasteiger partial charge on any atom is -0.744 e. The monoisotopic (exact) mass is 323 g/mol. The van der Waals surface area contributed by atoms with E-state index in [1.807, 2.05) is 60.7 Å². The van der Waals surface area contributed by atoms with Gasteiger partial charge in [-0.3, -0.25) is 0 Å². The summed E-state index contributed by atoms with van der Waals surface area (Å²) in [5.74, 6) is -0.0131. The van der Waals surface area contributed by atoms with Crippen molar-refractivity contribution in [2.24, 2.45) is 0 Å². The largest absolute Gasteiger partial charge is 0.744 e. The van der Waals surface area contributed by atoms with Gasteiger partial charge in [0.25, 0.3) is 0 Å². The first-order chi connectivity index (χ1) is 11.1. The normalized spacial score (nSPS) is 11.6. The van der Waals surface area contributed by atoms with Gasteiger partial charge in [0, 0.05) is 5.92 Å². The summed E-state index contributed by atoms with van der Waals surface area (Å²) < 4.78 is 33.3. The molecule has 0 atom stereocenters. The number of benzene rings is 3. The molecule has 23 heavy (non-hydrogen) atoms. The zero-order chi connectivity index (χ0) is 16.3. The van der Waals surface area contributed by atoms with Gasteiger partial charge in [-0.05, 0) is 28.8 Å². The predicted octanol–water partition coefficient (Wildman–Crippen LogP) is 3.77. The van der Waals surface area contributed by atoms with Crippen LogP contribution in [0.2, 0.25) is 0 Å². The van der Waals surface area contributed by atoms with Gasteiger partial charge in [0.05, 0.1) is 4.90 Å². The lowest BCUT2D eigenvalue weighted by Gasteiger charge is -2.19. The molecule has 3 aromatic rings. The molecule has 0 fully saturated rings. The molecule has 3 nitrogen and oxygen atoms in total. The lowest BCUT2D eigenvalue weighted by Crippen LogP contribution is -2.04. The van der Waals surface area contributed by atoms with Gasteiger partial charge in [-0.25, -0.2) is 8.42 Å². The third-order valence-electron chi connectivity index (χ3n) is 3.77. The highest BCUT2D eigenvalue weighted by Crippen LogP contribution is 2.32. The van der Waals surface area contributed by atoms with Crippen LogP contribution in [0.4, 0.5) is 0 Å². The molecule has 3 rings (SSSR count). The fourth-order valence-corrected chi connectivity index (χ4v) is 3.16. The summed E-state index contributed by atoms with van der Waals surface area (Å²) in [5, 5.41) is 0. The molecule has 0 aliphatic carbocycles. The fourth-order valence-electron chi connectivity index (χ4n) is 2.70.